The monoisotopic (exact) mass is 371 g/mol. The first-order chi connectivity index (χ1) is 13.8. The van der Waals surface area contributed by atoms with Crippen molar-refractivity contribution < 1.29 is 0 Å². The lowest BCUT2D eigenvalue weighted by molar-refractivity contribution is 0.727. The Bertz CT molecular complexity index is 1110. The summed E-state index contributed by atoms with van der Waals surface area (Å²) in [6, 6.07) is 12.5. The van der Waals surface area contributed by atoms with Gasteiger partial charge in [0.05, 0.1) is 11.4 Å². The zero-order chi connectivity index (χ0) is 18.9. The molecule has 1 aliphatic heterocycles. The normalized spacial score (nSPS) is 16.6. The second-order valence-corrected chi connectivity index (χ2v) is 7.07. The zero-order valence-corrected chi connectivity index (χ0v) is 15.7. The van der Waals surface area contributed by atoms with Gasteiger partial charge >= 0.3 is 0 Å². The molecule has 0 bridgehead atoms. The lowest BCUT2D eigenvalue weighted by atomic mass is 10.2. The summed E-state index contributed by atoms with van der Waals surface area (Å²) in [5.74, 6) is 1.81. The van der Waals surface area contributed by atoms with Gasteiger partial charge in [-0.25, -0.2) is 14.5 Å². The number of hydrogen-bond acceptors (Lipinski definition) is 6. The molecule has 0 aliphatic carbocycles. The first kappa shape index (κ1) is 16.7. The predicted octanol–water partition coefficient (Wildman–Crippen LogP) is 3.92. The van der Waals surface area contributed by atoms with Gasteiger partial charge in [0, 0.05) is 42.9 Å². The maximum absolute atomic E-state index is 4.84. The van der Waals surface area contributed by atoms with Crippen LogP contribution in [0.5, 0.6) is 0 Å². The van der Waals surface area contributed by atoms with Crippen LogP contribution in [0.3, 0.4) is 0 Å². The Hall–Kier alpha value is -3.48. The lowest BCUT2D eigenvalue weighted by Crippen LogP contribution is -2.27. The number of rotatable bonds is 4. The van der Waals surface area contributed by atoms with Crippen molar-refractivity contribution in [1.82, 2.24) is 24.6 Å². The maximum atomic E-state index is 4.84. The standard InChI is InChI=1S/C21H21N7/c1-15-4-3-12-27(15)20-6-2-5-19(25-20)24-18-14-17(16-7-9-22-10-8-16)26-28-13-11-23-21(18)28/h2,5-11,13-15H,3-4,12H2,1H3,(H,24,25). The molecule has 1 N–H and O–H groups in total. The van der Waals surface area contributed by atoms with Crippen LogP contribution in [-0.2, 0) is 0 Å². The van der Waals surface area contributed by atoms with Crippen LogP contribution in [0.15, 0.2) is 61.2 Å². The molecule has 1 aliphatic rings. The fraction of sp³-hybridized carbons (Fsp3) is 0.238. The van der Waals surface area contributed by atoms with Gasteiger partial charge < -0.3 is 10.2 Å². The van der Waals surface area contributed by atoms with E-state index < -0.39 is 0 Å². The molecule has 28 heavy (non-hydrogen) atoms. The van der Waals surface area contributed by atoms with Crippen molar-refractivity contribution in [3.63, 3.8) is 0 Å². The van der Waals surface area contributed by atoms with Gasteiger partial charge in [-0.05, 0) is 50.1 Å². The predicted molar refractivity (Wildman–Crippen MR) is 110 cm³/mol. The number of pyridine rings is 2. The minimum absolute atomic E-state index is 0.529. The first-order valence-corrected chi connectivity index (χ1v) is 9.53. The summed E-state index contributed by atoms with van der Waals surface area (Å²) < 4.78 is 1.78. The number of nitrogens with zero attached hydrogens (tertiary/aromatic N) is 6. The molecule has 0 aromatic carbocycles. The second kappa shape index (κ2) is 6.92. The molecule has 0 radical (unpaired) electrons. The molecule has 5 rings (SSSR count). The summed E-state index contributed by atoms with van der Waals surface area (Å²) in [6.07, 6.45) is 9.57. The number of fused-ring (bicyclic) bond motifs is 1. The van der Waals surface area contributed by atoms with E-state index in [0.29, 0.717) is 6.04 Å². The molecule has 7 nitrogen and oxygen atoms in total. The van der Waals surface area contributed by atoms with Crippen LogP contribution in [-0.4, -0.2) is 37.2 Å². The van der Waals surface area contributed by atoms with Crippen molar-refractivity contribution in [2.45, 2.75) is 25.8 Å². The van der Waals surface area contributed by atoms with E-state index in [1.54, 1.807) is 23.1 Å². The van der Waals surface area contributed by atoms with Gasteiger partial charge in [-0.1, -0.05) is 6.07 Å². The van der Waals surface area contributed by atoms with E-state index in [1.165, 1.54) is 12.8 Å². The van der Waals surface area contributed by atoms with E-state index in [9.17, 15) is 0 Å². The van der Waals surface area contributed by atoms with Gasteiger partial charge in [-0.3, -0.25) is 4.98 Å². The topological polar surface area (TPSA) is 71.2 Å². The second-order valence-electron chi connectivity index (χ2n) is 7.07. The van der Waals surface area contributed by atoms with Crippen molar-refractivity contribution in [3.8, 4) is 11.3 Å². The fourth-order valence-electron chi connectivity index (χ4n) is 3.74. The van der Waals surface area contributed by atoms with Crippen LogP contribution in [0.1, 0.15) is 19.8 Å². The third-order valence-electron chi connectivity index (χ3n) is 5.18. The highest BCUT2D eigenvalue weighted by Gasteiger charge is 2.21. The van der Waals surface area contributed by atoms with Gasteiger partial charge in [-0.15, -0.1) is 0 Å². The van der Waals surface area contributed by atoms with E-state index in [4.69, 9.17) is 4.98 Å². The Labute approximate surface area is 163 Å². The van der Waals surface area contributed by atoms with Crippen LogP contribution in [0.4, 0.5) is 17.3 Å². The molecule has 0 saturated carbocycles. The molecular formula is C21H21N7. The highest BCUT2D eigenvalue weighted by Crippen LogP contribution is 2.28. The highest BCUT2D eigenvalue weighted by atomic mass is 15.3. The Morgan fingerprint density at radius 3 is 2.82 bits per heavy atom. The molecule has 4 aromatic heterocycles. The lowest BCUT2D eigenvalue weighted by Gasteiger charge is -2.23. The van der Waals surface area contributed by atoms with Gasteiger partial charge in [0.15, 0.2) is 5.65 Å². The van der Waals surface area contributed by atoms with Gasteiger partial charge in [0.25, 0.3) is 0 Å². The van der Waals surface area contributed by atoms with E-state index in [-0.39, 0.29) is 0 Å². The quantitative estimate of drug-likeness (QED) is 0.586. The summed E-state index contributed by atoms with van der Waals surface area (Å²) >= 11 is 0. The molecule has 7 heteroatoms. The molecule has 140 valence electrons. The third-order valence-corrected chi connectivity index (χ3v) is 5.18. The number of hydrogen-bond donors (Lipinski definition) is 1. The molecule has 1 fully saturated rings. The smallest absolute Gasteiger partial charge is 0.177 e. The number of imidazole rings is 1. The third kappa shape index (κ3) is 3.05. The summed E-state index contributed by atoms with van der Waals surface area (Å²) in [5, 5.41) is 8.10. The Morgan fingerprint density at radius 1 is 1.11 bits per heavy atom. The van der Waals surface area contributed by atoms with Gasteiger partial charge in [-0.2, -0.15) is 5.10 Å². The maximum Gasteiger partial charge on any atom is 0.177 e. The SMILES string of the molecule is CC1CCCN1c1cccc(Nc2cc(-c3ccncc3)nn3ccnc23)n1. The van der Waals surface area contributed by atoms with Gasteiger partial charge in [0.1, 0.15) is 11.6 Å². The van der Waals surface area contributed by atoms with Crippen molar-refractivity contribution >= 4 is 23.0 Å². The van der Waals surface area contributed by atoms with Crippen LogP contribution >= 0.6 is 0 Å². The average molecular weight is 371 g/mol. The van der Waals surface area contributed by atoms with E-state index in [2.05, 4.69) is 38.3 Å². The molecule has 1 unspecified atom stereocenters. The van der Waals surface area contributed by atoms with Crippen LogP contribution in [0.25, 0.3) is 16.9 Å². The summed E-state index contributed by atoms with van der Waals surface area (Å²) in [7, 11) is 0. The van der Waals surface area contributed by atoms with Crippen molar-refractivity contribution in [2.24, 2.45) is 0 Å². The Morgan fingerprint density at radius 2 is 2.00 bits per heavy atom. The fourth-order valence-corrected chi connectivity index (χ4v) is 3.74. The Kier molecular flexibility index (Phi) is 4.12. The zero-order valence-electron chi connectivity index (χ0n) is 15.7. The highest BCUT2D eigenvalue weighted by molar-refractivity contribution is 5.77. The number of aromatic nitrogens is 5. The van der Waals surface area contributed by atoms with E-state index >= 15 is 0 Å². The molecule has 0 amide bonds. The van der Waals surface area contributed by atoms with E-state index in [1.807, 2.05) is 36.5 Å². The van der Waals surface area contributed by atoms with Crippen LogP contribution in [0.2, 0.25) is 0 Å². The number of anilines is 3. The minimum atomic E-state index is 0.529. The molecule has 1 saturated heterocycles. The summed E-state index contributed by atoms with van der Waals surface area (Å²) in [6.45, 7) is 3.32. The average Bonchev–Trinajstić information content (AvgIpc) is 3.38. The number of nitrogens with one attached hydrogen (secondary N) is 1. The largest absolute Gasteiger partial charge is 0.354 e. The molecule has 5 heterocycles. The van der Waals surface area contributed by atoms with Crippen LogP contribution < -0.4 is 10.2 Å². The van der Waals surface area contributed by atoms with Crippen molar-refractivity contribution in [2.75, 3.05) is 16.8 Å². The first-order valence-electron chi connectivity index (χ1n) is 9.53. The molecule has 1 atom stereocenters. The molecule has 0 spiro atoms. The van der Waals surface area contributed by atoms with Gasteiger partial charge in [0.2, 0.25) is 0 Å². The summed E-state index contributed by atoms with van der Waals surface area (Å²) in [4.78, 5) is 15.7. The minimum Gasteiger partial charge on any atom is -0.354 e. The summed E-state index contributed by atoms with van der Waals surface area (Å²) in [5.41, 5.74) is 3.48. The van der Waals surface area contributed by atoms with Crippen molar-refractivity contribution in [3.05, 3.63) is 61.2 Å². The van der Waals surface area contributed by atoms with E-state index in [0.717, 1.165) is 40.8 Å². The Balaban J connectivity index is 1.52. The molecular weight excluding hydrogens is 350 g/mol. The van der Waals surface area contributed by atoms with Crippen LogP contribution in [0, 0.1) is 0 Å². The van der Waals surface area contributed by atoms with Crippen molar-refractivity contribution in [1.29, 1.82) is 0 Å². The molecule has 4 aromatic rings.